The summed E-state index contributed by atoms with van der Waals surface area (Å²) in [5.41, 5.74) is 4.93. The highest BCUT2D eigenvalue weighted by molar-refractivity contribution is 7.88. The Morgan fingerprint density at radius 2 is 1.90 bits per heavy atom. The summed E-state index contributed by atoms with van der Waals surface area (Å²) in [4.78, 5) is 15.3. The first kappa shape index (κ1) is 22.9. The van der Waals surface area contributed by atoms with Gasteiger partial charge in [0.1, 0.15) is 0 Å². The van der Waals surface area contributed by atoms with Crippen molar-refractivity contribution in [1.82, 2.24) is 25.0 Å². The van der Waals surface area contributed by atoms with E-state index in [-0.39, 0.29) is 12.2 Å². The van der Waals surface area contributed by atoms with Gasteiger partial charge in [0.2, 0.25) is 15.9 Å². The molecule has 0 unspecified atom stereocenters. The van der Waals surface area contributed by atoms with Crippen molar-refractivity contribution in [3.8, 4) is 11.3 Å². The van der Waals surface area contributed by atoms with Crippen molar-refractivity contribution in [2.75, 3.05) is 6.54 Å². The third kappa shape index (κ3) is 6.58. The predicted molar refractivity (Wildman–Crippen MR) is 118 cm³/mol. The Morgan fingerprint density at radius 3 is 2.65 bits per heavy atom. The number of aryl methyl sites for hydroxylation is 1. The fraction of sp³-hybridized carbons (Fsp3) is 0.381. The number of sulfonamides is 1. The van der Waals surface area contributed by atoms with Crippen molar-refractivity contribution in [2.45, 2.75) is 37.9 Å². The number of aromatic nitrogens is 3. The third-order valence-electron chi connectivity index (χ3n) is 5.00. The maximum atomic E-state index is 12.3. The van der Waals surface area contributed by atoms with Gasteiger partial charge < -0.3 is 0 Å². The summed E-state index contributed by atoms with van der Waals surface area (Å²) < 4.78 is 29.0. The van der Waals surface area contributed by atoms with E-state index >= 15 is 0 Å². The zero-order valence-corrected chi connectivity index (χ0v) is 18.2. The molecular formula is C21H27N5O4S. The first-order chi connectivity index (χ1) is 14.9. The molecule has 31 heavy (non-hydrogen) atoms. The largest absolute Gasteiger partial charge is 0.289 e. The zero-order chi connectivity index (χ0) is 22.3. The SMILES string of the molecule is Cn1ncc2ccc(-c3ccc(CS(=O)(=O)NCCCCCCC(=O)NO)cn3)cc21. The summed E-state index contributed by atoms with van der Waals surface area (Å²) in [6.07, 6.45) is 6.61. The second-order valence-corrected chi connectivity index (χ2v) is 9.25. The molecule has 9 nitrogen and oxygen atoms in total. The zero-order valence-electron chi connectivity index (χ0n) is 17.4. The summed E-state index contributed by atoms with van der Waals surface area (Å²) in [6, 6.07) is 9.58. The molecule has 0 saturated carbocycles. The van der Waals surface area contributed by atoms with Crippen LogP contribution in [0.4, 0.5) is 0 Å². The Kier molecular flexibility index (Phi) is 7.72. The van der Waals surface area contributed by atoms with Crippen LogP contribution in [0.3, 0.4) is 0 Å². The van der Waals surface area contributed by atoms with Gasteiger partial charge in [0.15, 0.2) is 0 Å². The number of hydrogen-bond acceptors (Lipinski definition) is 6. The number of pyridine rings is 1. The molecule has 2 heterocycles. The summed E-state index contributed by atoms with van der Waals surface area (Å²) in [6.45, 7) is 0.352. The minimum Gasteiger partial charge on any atom is -0.289 e. The van der Waals surface area contributed by atoms with E-state index in [2.05, 4.69) is 14.8 Å². The number of nitrogens with one attached hydrogen (secondary N) is 2. The summed E-state index contributed by atoms with van der Waals surface area (Å²) >= 11 is 0. The number of benzene rings is 1. The minimum absolute atomic E-state index is 0.127. The van der Waals surface area contributed by atoms with E-state index in [4.69, 9.17) is 5.21 Å². The van der Waals surface area contributed by atoms with Crippen LogP contribution in [0.25, 0.3) is 22.2 Å². The molecule has 0 saturated heterocycles. The van der Waals surface area contributed by atoms with Gasteiger partial charge in [-0.15, -0.1) is 0 Å². The lowest BCUT2D eigenvalue weighted by Gasteiger charge is -2.08. The van der Waals surface area contributed by atoms with Crippen LogP contribution in [0.2, 0.25) is 0 Å². The van der Waals surface area contributed by atoms with Crippen LogP contribution in [0.5, 0.6) is 0 Å². The van der Waals surface area contributed by atoms with Crippen LogP contribution in [0.15, 0.2) is 42.7 Å². The fourth-order valence-electron chi connectivity index (χ4n) is 3.30. The molecule has 1 aromatic carbocycles. The molecule has 0 atom stereocenters. The summed E-state index contributed by atoms with van der Waals surface area (Å²) in [5.74, 6) is -0.532. The Balaban J connectivity index is 1.48. The van der Waals surface area contributed by atoms with Crippen LogP contribution >= 0.6 is 0 Å². The smallest absolute Gasteiger partial charge is 0.243 e. The van der Waals surface area contributed by atoms with Gasteiger partial charge in [-0.05, 0) is 30.5 Å². The van der Waals surface area contributed by atoms with Gasteiger partial charge in [-0.1, -0.05) is 31.0 Å². The first-order valence-electron chi connectivity index (χ1n) is 10.2. The lowest BCUT2D eigenvalue weighted by Crippen LogP contribution is -2.26. The number of hydroxylamine groups is 1. The Bertz CT molecular complexity index is 1130. The molecule has 3 N–H and O–H groups in total. The molecule has 0 aliphatic carbocycles. The lowest BCUT2D eigenvalue weighted by atomic mass is 10.1. The Labute approximate surface area is 181 Å². The van der Waals surface area contributed by atoms with Gasteiger partial charge in [-0.25, -0.2) is 18.6 Å². The number of unbranched alkanes of at least 4 members (excludes halogenated alkanes) is 3. The molecule has 10 heteroatoms. The van der Waals surface area contributed by atoms with Crippen LogP contribution in [-0.4, -0.2) is 40.8 Å². The standard InChI is InChI=1S/C21H27N5O4S/c1-26-20-12-17(8-9-18(20)14-23-26)19-10-7-16(13-22-19)15-31(29,30)24-11-5-3-2-4-6-21(27)25-28/h7-10,12-14,24,28H,2-6,11,15H2,1H3,(H,25,27). The van der Waals surface area contributed by atoms with E-state index in [0.29, 0.717) is 24.9 Å². The van der Waals surface area contributed by atoms with Crippen molar-refractivity contribution in [3.63, 3.8) is 0 Å². The second kappa shape index (κ2) is 10.5. The molecule has 166 valence electrons. The van der Waals surface area contributed by atoms with Crippen molar-refractivity contribution in [3.05, 3.63) is 48.3 Å². The molecule has 3 aromatic rings. The van der Waals surface area contributed by atoms with Crippen LogP contribution in [0.1, 0.15) is 37.7 Å². The highest BCUT2D eigenvalue weighted by atomic mass is 32.2. The van der Waals surface area contributed by atoms with Crippen LogP contribution < -0.4 is 10.2 Å². The molecule has 2 aromatic heterocycles. The van der Waals surface area contributed by atoms with Gasteiger partial charge in [-0.2, -0.15) is 5.10 Å². The molecular weight excluding hydrogens is 418 g/mol. The highest BCUT2D eigenvalue weighted by Crippen LogP contribution is 2.23. The van der Waals surface area contributed by atoms with Crippen molar-refractivity contribution in [2.24, 2.45) is 7.05 Å². The molecule has 0 bridgehead atoms. The topological polar surface area (TPSA) is 126 Å². The number of rotatable bonds is 11. The molecule has 0 fully saturated rings. The van der Waals surface area contributed by atoms with Crippen LogP contribution in [0, 0.1) is 0 Å². The summed E-state index contributed by atoms with van der Waals surface area (Å²) in [5, 5.41) is 13.7. The lowest BCUT2D eigenvalue weighted by molar-refractivity contribution is -0.129. The Hall–Kier alpha value is -2.82. The van der Waals surface area contributed by atoms with E-state index in [1.165, 1.54) is 0 Å². The number of hydrogen-bond donors (Lipinski definition) is 3. The molecule has 1 amide bonds. The third-order valence-corrected chi connectivity index (χ3v) is 6.36. The van der Waals surface area contributed by atoms with Crippen LogP contribution in [-0.2, 0) is 27.6 Å². The number of nitrogens with zero attached hydrogens (tertiary/aromatic N) is 3. The van der Waals surface area contributed by atoms with Gasteiger partial charge >= 0.3 is 0 Å². The molecule has 0 aliphatic heterocycles. The van der Waals surface area contributed by atoms with Crippen molar-refractivity contribution < 1.29 is 18.4 Å². The van der Waals surface area contributed by atoms with E-state index < -0.39 is 15.9 Å². The summed E-state index contributed by atoms with van der Waals surface area (Å²) in [7, 11) is -1.56. The molecule has 0 spiro atoms. The normalized spacial score (nSPS) is 11.7. The van der Waals surface area contributed by atoms with E-state index in [1.54, 1.807) is 22.4 Å². The van der Waals surface area contributed by atoms with Gasteiger partial charge in [-0.3, -0.25) is 19.7 Å². The average Bonchev–Trinajstić information content (AvgIpc) is 3.13. The van der Waals surface area contributed by atoms with Gasteiger partial charge in [0.05, 0.1) is 23.2 Å². The quantitative estimate of drug-likeness (QED) is 0.236. The highest BCUT2D eigenvalue weighted by Gasteiger charge is 2.12. The fourth-order valence-corrected chi connectivity index (χ4v) is 4.47. The Morgan fingerprint density at radius 1 is 1.10 bits per heavy atom. The monoisotopic (exact) mass is 445 g/mol. The van der Waals surface area contributed by atoms with E-state index in [0.717, 1.165) is 35.0 Å². The number of carbonyl (C=O) groups excluding carboxylic acids is 1. The van der Waals surface area contributed by atoms with Gasteiger partial charge in [0, 0.05) is 37.2 Å². The van der Waals surface area contributed by atoms with Gasteiger partial charge in [0.25, 0.3) is 0 Å². The van der Waals surface area contributed by atoms with E-state index in [1.807, 2.05) is 37.5 Å². The second-order valence-electron chi connectivity index (χ2n) is 7.45. The molecule has 3 rings (SSSR count). The van der Waals surface area contributed by atoms with E-state index in [9.17, 15) is 13.2 Å². The molecule has 0 radical (unpaired) electrons. The number of carbonyl (C=O) groups is 1. The minimum atomic E-state index is -3.45. The van der Waals surface area contributed by atoms with Crippen molar-refractivity contribution in [1.29, 1.82) is 0 Å². The predicted octanol–water partition coefficient (Wildman–Crippen LogP) is 2.51. The number of amides is 1. The maximum Gasteiger partial charge on any atom is 0.243 e. The molecule has 0 aliphatic rings. The number of fused-ring (bicyclic) bond motifs is 1. The van der Waals surface area contributed by atoms with Crippen molar-refractivity contribution >= 4 is 26.8 Å². The maximum absolute atomic E-state index is 12.3. The average molecular weight is 446 g/mol. The first-order valence-corrected chi connectivity index (χ1v) is 11.8.